The van der Waals surface area contributed by atoms with Crippen molar-refractivity contribution >= 4 is 0 Å². The Morgan fingerprint density at radius 3 is 2.53 bits per heavy atom. The normalized spacial score (nSPS) is 22.9. The molecule has 2 aromatic heterocycles. The second-order valence-corrected chi connectivity index (χ2v) is 5.20. The lowest BCUT2D eigenvalue weighted by atomic mass is 10.1. The van der Waals surface area contributed by atoms with Gasteiger partial charge in [-0.2, -0.15) is 4.98 Å². The fraction of sp³-hybridized carbons (Fsp3) is 0.500. The Morgan fingerprint density at radius 1 is 1.16 bits per heavy atom. The molecule has 5 nitrogen and oxygen atoms in total. The van der Waals surface area contributed by atoms with Crippen LogP contribution in [0.15, 0.2) is 16.7 Å². The van der Waals surface area contributed by atoms with E-state index in [-0.39, 0.29) is 12.0 Å². The molecule has 2 atom stereocenters. The molecule has 0 spiro atoms. The van der Waals surface area contributed by atoms with Gasteiger partial charge in [-0.05, 0) is 45.2 Å². The second kappa shape index (κ2) is 4.74. The summed E-state index contributed by atoms with van der Waals surface area (Å²) in [6.45, 7) is 3.89. The number of rotatable bonds is 2. The highest BCUT2D eigenvalue weighted by Crippen LogP contribution is 2.34. The maximum absolute atomic E-state index is 9.87. The summed E-state index contributed by atoms with van der Waals surface area (Å²) < 4.78 is 5.31. The molecule has 1 saturated carbocycles. The van der Waals surface area contributed by atoms with Crippen molar-refractivity contribution in [2.24, 2.45) is 0 Å². The number of aliphatic hydroxyl groups is 1. The van der Waals surface area contributed by atoms with Gasteiger partial charge in [-0.1, -0.05) is 5.16 Å². The molecule has 19 heavy (non-hydrogen) atoms. The molecule has 0 bridgehead atoms. The summed E-state index contributed by atoms with van der Waals surface area (Å²) in [5.41, 5.74) is 2.77. The first kappa shape index (κ1) is 12.3. The standard InChI is InChI=1S/C14H17N3O2/c1-8-6-10(7-9(2)15-8)13-16-14(19-17-13)11-4-3-5-12(11)18/h6-7,11-12,18H,3-5H2,1-2H3. The molecule has 0 amide bonds. The minimum Gasteiger partial charge on any atom is -0.392 e. The van der Waals surface area contributed by atoms with E-state index in [9.17, 15) is 5.11 Å². The molecule has 100 valence electrons. The predicted molar refractivity (Wildman–Crippen MR) is 69.6 cm³/mol. The average molecular weight is 259 g/mol. The first-order valence-electron chi connectivity index (χ1n) is 6.61. The number of aryl methyl sites for hydroxylation is 2. The molecule has 0 aliphatic heterocycles. The summed E-state index contributed by atoms with van der Waals surface area (Å²) in [5, 5.41) is 13.9. The van der Waals surface area contributed by atoms with Crippen LogP contribution in [0.1, 0.15) is 42.5 Å². The van der Waals surface area contributed by atoms with Crippen molar-refractivity contribution in [3.05, 3.63) is 29.4 Å². The summed E-state index contributed by atoms with van der Waals surface area (Å²) >= 11 is 0. The van der Waals surface area contributed by atoms with Gasteiger partial charge in [0.2, 0.25) is 11.7 Å². The van der Waals surface area contributed by atoms with E-state index in [0.717, 1.165) is 36.2 Å². The van der Waals surface area contributed by atoms with Crippen molar-refractivity contribution in [3.8, 4) is 11.4 Å². The minimum atomic E-state index is -0.353. The third-order valence-corrected chi connectivity index (χ3v) is 3.58. The van der Waals surface area contributed by atoms with E-state index in [0.29, 0.717) is 11.7 Å². The Morgan fingerprint density at radius 2 is 1.89 bits per heavy atom. The summed E-state index contributed by atoms with van der Waals surface area (Å²) in [6, 6.07) is 3.87. The zero-order chi connectivity index (χ0) is 13.4. The molecular formula is C14H17N3O2. The molecule has 1 fully saturated rings. The molecule has 0 saturated heterocycles. The molecule has 2 unspecified atom stereocenters. The van der Waals surface area contributed by atoms with Crippen LogP contribution in [0.2, 0.25) is 0 Å². The third-order valence-electron chi connectivity index (χ3n) is 3.58. The lowest BCUT2D eigenvalue weighted by molar-refractivity contribution is 0.148. The van der Waals surface area contributed by atoms with Crippen LogP contribution in [-0.4, -0.2) is 26.3 Å². The topological polar surface area (TPSA) is 72.0 Å². The van der Waals surface area contributed by atoms with Crippen LogP contribution in [0.5, 0.6) is 0 Å². The van der Waals surface area contributed by atoms with Crippen molar-refractivity contribution in [2.75, 3.05) is 0 Å². The maximum atomic E-state index is 9.87. The first-order valence-corrected chi connectivity index (χ1v) is 6.61. The van der Waals surface area contributed by atoms with Crippen LogP contribution < -0.4 is 0 Å². The smallest absolute Gasteiger partial charge is 0.232 e. The van der Waals surface area contributed by atoms with Crippen LogP contribution in [0, 0.1) is 13.8 Å². The van der Waals surface area contributed by atoms with Crippen LogP contribution >= 0.6 is 0 Å². The lowest BCUT2D eigenvalue weighted by Gasteiger charge is -2.07. The predicted octanol–water partition coefficient (Wildman–Crippen LogP) is 2.38. The molecule has 5 heteroatoms. The van der Waals surface area contributed by atoms with Gasteiger partial charge in [0.05, 0.1) is 12.0 Å². The fourth-order valence-corrected chi connectivity index (χ4v) is 2.70. The van der Waals surface area contributed by atoms with Gasteiger partial charge in [-0.15, -0.1) is 0 Å². The van der Waals surface area contributed by atoms with Crippen molar-refractivity contribution in [2.45, 2.75) is 45.1 Å². The van der Waals surface area contributed by atoms with E-state index >= 15 is 0 Å². The minimum absolute atomic E-state index is 0.00900. The van der Waals surface area contributed by atoms with Crippen molar-refractivity contribution in [1.29, 1.82) is 0 Å². The van der Waals surface area contributed by atoms with Gasteiger partial charge < -0.3 is 9.63 Å². The van der Waals surface area contributed by atoms with Crippen LogP contribution in [0.3, 0.4) is 0 Å². The Bertz CT molecular complexity index is 574. The molecule has 1 aliphatic carbocycles. The Labute approximate surface area is 111 Å². The van der Waals surface area contributed by atoms with Crippen LogP contribution in [-0.2, 0) is 0 Å². The largest absolute Gasteiger partial charge is 0.392 e. The SMILES string of the molecule is Cc1cc(-c2noc(C3CCCC3O)n2)cc(C)n1. The number of aliphatic hydroxyl groups excluding tert-OH is 1. The fourth-order valence-electron chi connectivity index (χ4n) is 2.70. The van der Waals surface area contributed by atoms with Gasteiger partial charge in [0.15, 0.2) is 0 Å². The van der Waals surface area contributed by atoms with Gasteiger partial charge in [0.25, 0.3) is 0 Å². The highest BCUT2D eigenvalue weighted by molar-refractivity contribution is 5.55. The van der Waals surface area contributed by atoms with E-state index < -0.39 is 0 Å². The molecule has 2 heterocycles. The molecule has 1 aliphatic rings. The summed E-state index contributed by atoms with van der Waals surface area (Å²) in [6.07, 6.45) is 2.39. The van der Waals surface area contributed by atoms with Gasteiger partial charge in [0, 0.05) is 17.0 Å². The third kappa shape index (κ3) is 2.38. The number of hydrogen-bond acceptors (Lipinski definition) is 5. The summed E-state index contributed by atoms with van der Waals surface area (Å²) in [5.74, 6) is 1.11. The van der Waals surface area contributed by atoms with Crippen LogP contribution in [0.25, 0.3) is 11.4 Å². The summed E-state index contributed by atoms with van der Waals surface area (Å²) in [4.78, 5) is 8.76. The van der Waals surface area contributed by atoms with Gasteiger partial charge in [-0.25, -0.2) is 0 Å². The summed E-state index contributed by atoms with van der Waals surface area (Å²) in [7, 11) is 0. The number of nitrogens with zero attached hydrogens (tertiary/aromatic N) is 3. The molecule has 0 aromatic carbocycles. The quantitative estimate of drug-likeness (QED) is 0.896. The number of hydrogen-bond donors (Lipinski definition) is 1. The Kier molecular flexibility index (Phi) is 3.06. The molecular weight excluding hydrogens is 242 g/mol. The van der Waals surface area contributed by atoms with Crippen molar-refractivity contribution in [1.82, 2.24) is 15.1 Å². The van der Waals surface area contributed by atoms with Gasteiger partial charge in [-0.3, -0.25) is 4.98 Å². The van der Waals surface area contributed by atoms with Crippen LogP contribution in [0.4, 0.5) is 0 Å². The second-order valence-electron chi connectivity index (χ2n) is 5.20. The Hall–Kier alpha value is -1.75. The highest BCUT2D eigenvalue weighted by Gasteiger charge is 2.31. The van der Waals surface area contributed by atoms with E-state index in [1.165, 1.54) is 0 Å². The van der Waals surface area contributed by atoms with Gasteiger partial charge in [0.1, 0.15) is 0 Å². The number of aromatic nitrogens is 3. The monoisotopic (exact) mass is 259 g/mol. The Balaban J connectivity index is 1.92. The lowest BCUT2D eigenvalue weighted by Crippen LogP contribution is -2.11. The van der Waals surface area contributed by atoms with Crippen molar-refractivity contribution in [3.63, 3.8) is 0 Å². The molecule has 1 N–H and O–H groups in total. The van der Waals surface area contributed by atoms with E-state index in [2.05, 4.69) is 15.1 Å². The van der Waals surface area contributed by atoms with E-state index in [1.807, 2.05) is 26.0 Å². The zero-order valence-corrected chi connectivity index (χ0v) is 11.1. The number of pyridine rings is 1. The van der Waals surface area contributed by atoms with E-state index in [1.54, 1.807) is 0 Å². The van der Waals surface area contributed by atoms with E-state index in [4.69, 9.17) is 4.52 Å². The molecule has 0 radical (unpaired) electrons. The maximum Gasteiger partial charge on any atom is 0.232 e. The average Bonchev–Trinajstić information content (AvgIpc) is 2.95. The highest BCUT2D eigenvalue weighted by atomic mass is 16.5. The molecule has 3 rings (SSSR count). The zero-order valence-electron chi connectivity index (χ0n) is 11.1. The molecule has 2 aromatic rings. The van der Waals surface area contributed by atoms with Crippen molar-refractivity contribution < 1.29 is 9.63 Å². The first-order chi connectivity index (χ1) is 9.13. The van der Waals surface area contributed by atoms with Gasteiger partial charge >= 0.3 is 0 Å².